The van der Waals surface area contributed by atoms with Crippen LogP contribution in [0.2, 0.25) is 0 Å². The Morgan fingerprint density at radius 2 is 1.82 bits per heavy atom. The van der Waals surface area contributed by atoms with Crippen LogP contribution in [0.25, 0.3) is 0 Å². The SMILES string of the molecule is CCn1ccnc1CNS(=O)(=O)c1ccc(C(C)(C)C)cc1. The van der Waals surface area contributed by atoms with Crippen molar-refractivity contribution in [2.45, 2.75) is 51.1 Å². The molecule has 1 aromatic heterocycles. The molecule has 0 radical (unpaired) electrons. The fraction of sp³-hybridized carbons (Fsp3) is 0.438. The van der Waals surface area contributed by atoms with Gasteiger partial charge in [-0.05, 0) is 30.0 Å². The second-order valence-corrected chi connectivity index (χ2v) is 8.00. The molecule has 0 saturated carbocycles. The molecule has 0 bridgehead atoms. The van der Waals surface area contributed by atoms with Crippen molar-refractivity contribution in [3.05, 3.63) is 48.0 Å². The number of benzene rings is 1. The van der Waals surface area contributed by atoms with E-state index in [0.717, 1.165) is 12.1 Å². The van der Waals surface area contributed by atoms with Gasteiger partial charge in [0.25, 0.3) is 0 Å². The van der Waals surface area contributed by atoms with Gasteiger partial charge < -0.3 is 4.57 Å². The van der Waals surface area contributed by atoms with E-state index in [0.29, 0.717) is 5.82 Å². The van der Waals surface area contributed by atoms with E-state index in [1.807, 2.05) is 29.8 Å². The molecule has 0 aliphatic heterocycles. The van der Waals surface area contributed by atoms with Crippen molar-refractivity contribution in [1.82, 2.24) is 14.3 Å². The third-order valence-electron chi connectivity index (χ3n) is 3.59. The standard InChI is InChI=1S/C16H23N3O2S/c1-5-19-11-10-17-15(19)12-18-22(20,21)14-8-6-13(7-9-14)16(2,3)4/h6-11,18H,5,12H2,1-4H3. The summed E-state index contributed by atoms with van der Waals surface area (Å²) in [6, 6.07) is 7.02. The largest absolute Gasteiger partial charge is 0.334 e. The normalized spacial score (nSPS) is 12.5. The summed E-state index contributed by atoms with van der Waals surface area (Å²) in [5.74, 6) is 0.706. The molecular formula is C16H23N3O2S. The first kappa shape index (κ1) is 16.7. The highest BCUT2D eigenvalue weighted by Crippen LogP contribution is 2.23. The molecule has 2 aromatic rings. The van der Waals surface area contributed by atoms with Gasteiger partial charge in [-0.3, -0.25) is 0 Å². The van der Waals surface area contributed by atoms with Crippen LogP contribution in [0.3, 0.4) is 0 Å². The van der Waals surface area contributed by atoms with Crippen LogP contribution in [-0.4, -0.2) is 18.0 Å². The van der Waals surface area contributed by atoms with Gasteiger partial charge in [-0.2, -0.15) is 0 Å². The summed E-state index contributed by atoms with van der Waals surface area (Å²) in [6.07, 6.45) is 3.51. The highest BCUT2D eigenvalue weighted by Gasteiger charge is 2.18. The zero-order chi connectivity index (χ0) is 16.4. The van der Waals surface area contributed by atoms with Crippen molar-refractivity contribution in [3.63, 3.8) is 0 Å². The number of nitrogens with one attached hydrogen (secondary N) is 1. The first-order valence-corrected chi connectivity index (χ1v) is 8.82. The van der Waals surface area contributed by atoms with E-state index >= 15 is 0 Å². The molecule has 0 unspecified atom stereocenters. The van der Waals surface area contributed by atoms with Crippen LogP contribution >= 0.6 is 0 Å². The molecule has 120 valence electrons. The van der Waals surface area contributed by atoms with E-state index in [2.05, 4.69) is 30.5 Å². The summed E-state index contributed by atoms with van der Waals surface area (Å²) >= 11 is 0. The van der Waals surface area contributed by atoms with Crippen molar-refractivity contribution in [2.75, 3.05) is 0 Å². The molecule has 2 rings (SSSR count). The average Bonchev–Trinajstić information content (AvgIpc) is 2.92. The lowest BCUT2D eigenvalue weighted by atomic mass is 9.87. The van der Waals surface area contributed by atoms with E-state index in [9.17, 15) is 8.42 Å². The molecule has 6 heteroatoms. The summed E-state index contributed by atoms with van der Waals surface area (Å²) < 4.78 is 29.2. The van der Waals surface area contributed by atoms with E-state index in [4.69, 9.17) is 0 Å². The molecule has 0 spiro atoms. The minimum absolute atomic E-state index is 0.00158. The minimum Gasteiger partial charge on any atom is -0.334 e. The maximum absolute atomic E-state index is 12.3. The van der Waals surface area contributed by atoms with Gasteiger partial charge in [0.2, 0.25) is 10.0 Å². The molecule has 5 nitrogen and oxygen atoms in total. The number of hydrogen-bond acceptors (Lipinski definition) is 3. The number of aromatic nitrogens is 2. The quantitative estimate of drug-likeness (QED) is 0.921. The van der Waals surface area contributed by atoms with Crippen LogP contribution in [0.4, 0.5) is 0 Å². The van der Waals surface area contributed by atoms with Crippen LogP contribution in [0.1, 0.15) is 39.1 Å². The summed E-state index contributed by atoms with van der Waals surface area (Å²) in [5.41, 5.74) is 1.11. The van der Waals surface area contributed by atoms with Gasteiger partial charge in [-0.25, -0.2) is 18.1 Å². The molecule has 0 atom stereocenters. The van der Waals surface area contributed by atoms with E-state index in [-0.39, 0.29) is 16.9 Å². The first-order valence-electron chi connectivity index (χ1n) is 7.34. The molecule has 1 heterocycles. The Morgan fingerprint density at radius 1 is 1.18 bits per heavy atom. The van der Waals surface area contributed by atoms with Crippen LogP contribution in [0.15, 0.2) is 41.6 Å². The first-order chi connectivity index (χ1) is 10.2. The average molecular weight is 321 g/mol. The second-order valence-electron chi connectivity index (χ2n) is 6.23. The van der Waals surface area contributed by atoms with Crippen LogP contribution in [0.5, 0.6) is 0 Å². The molecule has 1 N–H and O–H groups in total. The van der Waals surface area contributed by atoms with Gasteiger partial charge >= 0.3 is 0 Å². The van der Waals surface area contributed by atoms with Crippen LogP contribution in [0, 0.1) is 0 Å². The predicted octanol–water partition coefficient (Wildman–Crippen LogP) is 2.68. The molecule has 1 aromatic carbocycles. The molecule has 0 amide bonds. The van der Waals surface area contributed by atoms with E-state index in [1.165, 1.54) is 0 Å². The number of hydrogen-bond donors (Lipinski definition) is 1. The molecular weight excluding hydrogens is 298 g/mol. The maximum atomic E-state index is 12.3. The van der Waals surface area contributed by atoms with Crippen molar-refractivity contribution in [1.29, 1.82) is 0 Å². The number of sulfonamides is 1. The Hall–Kier alpha value is -1.66. The number of nitrogens with zero attached hydrogens (tertiary/aromatic N) is 2. The highest BCUT2D eigenvalue weighted by atomic mass is 32.2. The summed E-state index contributed by atoms with van der Waals surface area (Å²) in [7, 11) is -3.53. The molecule has 0 fully saturated rings. The molecule has 22 heavy (non-hydrogen) atoms. The number of imidazole rings is 1. The Morgan fingerprint density at radius 3 is 2.36 bits per heavy atom. The lowest BCUT2D eigenvalue weighted by molar-refractivity contribution is 0.573. The Kier molecular flexibility index (Phi) is 4.72. The Balaban J connectivity index is 2.13. The summed E-state index contributed by atoms with van der Waals surface area (Å²) in [6.45, 7) is 9.23. The van der Waals surface area contributed by atoms with Crippen molar-refractivity contribution in [3.8, 4) is 0 Å². The van der Waals surface area contributed by atoms with Crippen LogP contribution in [-0.2, 0) is 28.5 Å². The Labute approximate surface area is 132 Å². The van der Waals surface area contributed by atoms with Crippen molar-refractivity contribution < 1.29 is 8.42 Å². The van der Waals surface area contributed by atoms with Crippen molar-refractivity contribution in [2.24, 2.45) is 0 Å². The number of aryl methyl sites for hydroxylation is 1. The smallest absolute Gasteiger partial charge is 0.240 e. The maximum Gasteiger partial charge on any atom is 0.240 e. The van der Waals surface area contributed by atoms with Gasteiger partial charge in [0.05, 0.1) is 11.4 Å². The van der Waals surface area contributed by atoms with Crippen molar-refractivity contribution >= 4 is 10.0 Å². The monoisotopic (exact) mass is 321 g/mol. The van der Waals surface area contributed by atoms with Gasteiger partial charge in [0.1, 0.15) is 5.82 Å². The van der Waals surface area contributed by atoms with Gasteiger partial charge in [0.15, 0.2) is 0 Å². The molecule has 0 aliphatic rings. The fourth-order valence-corrected chi connectivity index (χ4v) is 3.15. The van der Waals surface area contributed by atoms with E-state index in [1.54, 1.807) is 18.3 Å². The highest BCUT2D eigenvalue weighted by molar-refractivity contribution is 7.89. The fourth-order valence-electron chi connectivity index (χ4n) is 2.17. The van der Waals surface area contributed by atoms with Gasteiger partial charge in [-0.15, -0.1) is 0 Å². The second kappa shape index (κ2) is 6.22. The summed E-state index contributed by atoms with van der Waals surface area (Å²) in [5, 5.41) is 0. The lowest BCUT2D eigenvalue weighted by Crippen LogP contribution is -2.25. The lowest BCUT2D eigenvalue weighted by Gasteiger charge is -2.19. The van der Waals surface area contributed by atoms with Gasteiger partial charge in [-0.1, -0.05) is 32.9 Å². The molecule has 0 saturated heterocycles. The Bertz CT molecular complexity index is 725. The van der Waals surface area contributed by atoms with Gasteiger partial charge in [0, 0.05) is 18.9 Å². The molecule has 0 aliphatic carbocycles. The summed E-state index contributed by atoms with van der Waals surface area (Å²) in [4.78, 5) is 4.44. The van der Waals surface area contributed by atoms with E-state index < -0.39 is 10.0 Å². The zero-order valence-electron chi connectivity index (χ0n) is 13.5. The minimum atomic E-state index is -3.53. The third kappa shape index (κ3) is 3.75. The number of rotatable bonds is 5. The third-order valence-corrected chi connectivity index (χ3v) is 5.01. The zero-order valence-corrected chi connectivity index (χ0v) is 14.3. The van der Waals surface area contributed by atoms with Crippen LogP contribution < -0.4 is 4.72 Å². The predicted molar refractivity (Wildman–Crippen MR) is 87.1 cm³/mol. The topological polar surface area (TPSA) is 64.0 Å².